The lowest BCUT2D eigenvalue weighted by Crippen LogP contribution is -2.47. The van der Waals surface area contributed by atoms with Gasteiger partial charge in [0.1, 0.15) is 23.1 Å². The molecule has 1 aliphatic carbocycles. The van der Waals surface area contributed by atoms with Gasteiger partial charge in [0.2, 0.25) is 5.88 Å². The van der Waals surface area contributed by atoms with E-state index in [9.17, 15) is 23.3 Å². The Kier molecular flexibility index (Phi) is 9.46. The predicted octanol–water partition coefficient (Wildman–Crippen LogP) is 5.32. The molecule has 4 aromatic rings. The van der Waals surface area contributed by atoms with Crippen LogP contribution in [0.5, 0.6) is 5.88 Å². The number of hydrogen-bond acceptors (Lipinski definition) is 11. The number of carbonyl (C=O) groups is 1. The zero-order chi connectivity index (χ0) is 33.6. The monoisotopic (exact) mass is 712 g/mol. The van der Waals surface area contributed by atoms with Crippen LogP contribution >= 0.6 is 12.4 Å². The maximum Gasteiger partial charge on any atom is 0.293 e. The molecule has 49 heavy (non-hydrogen) atoms. The Morgan fingerprint density at radius 2 is 1.92 bits per heavy atom. The summed E-state index contributed by atoms with van der Waals surface area (Å²) in [7, 11) is -2.80. The Bertz CT molecular complexity index is 2000. The number of methoxy groups -OCH3 is 1. The molecule has 3 aliphatic rings. The van der Waals surface area contributed by atoms with Gasteiger partial charge in [-0.25, -0.2) is 13.1 Å². The summed E-state index contributed by atoms with van der Waals surface area (Å²) in [4.78, 5) is 34.3. The van der Waals surface area contributed by atoms with Gasteiger partial charge in [-0.2, -0.15) is 4.98 Å². The fraction of sp³-hybridized carbons (Fsp3) is 0.394. The highest BCUT2D eigenvalue weighted by Gasteiger charge is 2.43. The van der Waals surface area contributed by atoms with Crippen molar-refractivity contribution in [1.82, 2.24) is 14.7 Å². The van der Waals surface area contributed by atoms with Gasteiger partial charge in [0, 0.05) is 31.3 Å². The van der Waals surface area contributed by atoms with Gasteiger partial charge in [0.25, 0.3) is 21.6 Å². The number of hydrogen-bond donors (Lipinski definition) is 3. The fourth-order valence-corrected chi connectivity index (χ4v) is 7.75. The first-order valence-electron chi connectivity index (χ1n) is 15.8. The van der Waals surface area contributed by atoms with Crippen LogP contribution in [0.15, 0.2) is 65.7 Å². The second-order valence-corrected chi connectivity index (χ2v) is 14.4. The summed E-state index contributed by atoms with van der Waals surface area (Å²) in [6, 6.07) is 13.7. The summed E-state index contributed by atoms with van der Waals surface area (Å²) in [5.41, 5.74) is 1.42. The standard InChI is InChI=1S/C33H36N6O8S.ClH/c1-33(45-2)12-9-20(10-13-33)17-35-24-8-7-22(16-26(24)39(41)42)48(43,44)37-31(40)23-5-3-4-6-25(23)38-27-15-21-11-14-34-30(21)36-32(27)47-29-19-46-18-28(29)38;/h3-8,11,14-16,20,28-29,35H,9-10,12-13,17-19H2,1-2H3,(H,34,36)(H,37,40);1H/t20?,28-,29-,33?;/m1./s1. The third kappa shape index (κ3) is 6.63. The van der Waals surface area contributed by atoms with Crippen LogP contribution in [0, 0.1) is 16.0 Å². The van der Waals surface area contributed by atoms with Crippen molar-refractivity contribution in [2.45, 2.75) is 55.2 Å². The molecule has 7 rings (SSSR count). The normalized spacial score (nSPS) is 23.1. The number of aromatic nitrogens is 2. The van der Waals surface area contributed by atoms with E-state index in [1.54, 1.807) is 31.5 Å². The maximum atomic E-state index is 13.7. The van der Waals surface area contributed by atoms with Crippen molar-refractivity contribution in [3.05, 3.63) is 76.5 Å². The average molecular weight is 713 g/mol. The van der Waals surface area contributed by atoms with Crippen molar-refractivity contribution in [2.75, 3.05) is 37.1 Å². The summed E-state index contributed by atoms with van der Waals surface area (Å²) < 4.78 is 46.7. The number of nitrogens with zero attached hydrogens (tertiary/aromatic N) is 3. The molecule has 1 saturated heterocycles. The van der Waals surface area contributed by atoms with E-state index >= 15 is 0 Å². The Morgan fingerprint density at radius 1 is 1.14 bits per heavy atom. The van der Waals surface area contributed by atoms with Gasteiger partial charge in [-0.3, -0.25) is 14.9 Å². The maximum absolute atomic E-state index is 13.7. The minimum atomic E-state index is -4.51. The van der Waals surface area contributed by atoms with Crippen molar-refractivity contribution in [3.63, 3.8) is 0 Å². The summed E-state index contributed by atoms with van der Waals surface area (Å²) in [5, 5.41) is 16.0. The van der Waals surface area contributed by atoms with E-state index < -0.39 is 31.4 Å². The number of aromatic amines is 1. The Balaban J connectivity index is 0.00000417. The number of rotatable bonds is 9. The van der Waals surface area contributed by atoms with Crippen molar-refractivity contribution in [1.29, 1.82) is 0 Å². The molecule has 1 amide bonds. The molecule has 1 saturated carbocycles. The number of ether oxygens (including phenoxy) is 3. The molecule has 0 spiro atoms. The first kappa shape index (κ1) is 34.4. The number of benzene rings is 2. The number of amides is 1. The third-order valence-corrected chi connectivity index (χ3v) is 11.0. The number of anilines is 3. The average Bonchev–Trinajstić information content (AvgIpc) is 3.75. The molecule has 0 radical (unpaired) electrons. The van der Waals surface area contributed by atoms with Gasteiger partial charge in [-0.15, -0.1) is 12.4 Å². The van der Waals surface area contributed by atoms with E-state index in [0.717, 1.165) is 37.1 Å². The van der Waals surface area contributed by atoms with Crippen molar-refractivity contribution in [2.24, 2.45) is 5.92 Å². The zero-order valence-corrected chi connectivity index (χ0v) is 28.5. The van der Waals surface area contributed by atoms with Crippen molar-refractivity contribution >= 4 is 62.1 Å². The Labute approximate surface area is 289 Å². The van der Waals surface area contributed by atoms with Crippen molar-refractivity contribution in [3.8, 4) is 5.88 Å². The Hall–Kier alpha value is -4.44. The molecular formula is C33H37ClN6O8S. The van der Waals surface area contributed by atoms with Crippen LogP contribution in [0.3, 0.4) is 0 Å². The molecule has 2 aliphatic heterocycles. The number of pyridine rings is 1. The molecule has 2 atom stereocenters. The smallest absolute Gasteiger partial charge is 0.293 e. The van der Waals surface area contributed by atoms with Crippen LogP contribution in [0.2, 0.25) is 0 Å². The van der Waals surface area contributed by atoms with Gasteiger partial charge in [-0.05, 0) is 74.9 Å². The van der Waals surface area contributed by atoms with Crippen molar-refractivity contribution < 1.29 is 32.3 Å². The molecule has 2 aromatic heterocycles. The number of nitro benzene ring substituents is 1. The highest BCUT2D eigenvalue weighted by Crippen LogP contribution is 2.44. The van der Waals surface area contributed by atoms with Crippen LogP contribution in [0.4, 0.5) is 22.7 Å². The van der Waals surface area contributed by atoms with E-state index in [1.165, 1.54) is 18.2 Å². The predicted molar refractivity (Wildman–Crippen MR) is 185 cm³/mol. The molecule has 0 unspecified atom stereocenters. The molecule has 3 N–H and O–H groups in total. The minimum absolute atomic E-state index is 0. The van der Waals surface area contributed by atoms with E-state index in [1.807, 2.05) is 17.0 Å². The van der Waals surface area contributed by atoms with Crippen LogP contribution in [-0.4, -0.2) is 73.8 Å². The summed E-state index contributed by atoms with van der Waals surface area (Å²) in [6.07, 6.45) is 4.99. The zero-order valence-electron chi connectivity index (χ0n) is 26.9. The first-order valence-corrected chi connectivity index (χ1v) is 17.3. The van der Waals surface area contributed by atoms with Crippen LogP contribution in [0.1, 0.15) is 43.0 Å². The fourth-order valence-electron chi connectivity index (χ4n) is 6.76. The summed E-state index contributed by atoms with van der Waals surface area (Å²) >= 11 is 0. The molecule has 4 heterocycles. The van der Waals surface area contributed by atoms with Gasteiger partial charge >= 0.3 is 0 Å². The quantitative estimate of drug-likeness (QED) is 0.151. The number of fused-ring (bicyclic) bond motifs is 3. The summed E-state index contributed by atoms with van der Waals surface area (Å²) in [5.74, 6) is -0.239. The van der Waals surface area contributed by atoms with Crippen LogP contribution in [-0.2, 0) is 19.5 Å². The number of nitro groups is 1. The third-order valence-electron chi connectivity index (χ3n) is 9.68. The number of H-pyrrole nitrogens is 1. The molecule has 14 nitrogen and oxygen atoms in total. The first-order chi connectivity index (χ1) is 23.0. The number of carbonyl (C=O) groups excluding carboxylic acids is 1. The number of halogens is 1. The molecular weight excluding hydrogens is 676 g/mol. The number of sulfonamides is 1. The Morgan fingerprint density at radius 3 is 2.67 bits per heavy atom. The minimum Gasteiger partial charge on any atom is -0.468 e. The van der Waals surface area contributed by atoms with Gasteiger partial charge in [-0.1, -0.05) is 12.1 Å². The topological polar surface area (TPSA) is 178 Å². The van der Waals surface area contributed by atoms with Crippen LogP contribution in [0.25, 0.3) is 11.0 Å². The highest BCUT2D eigenvalue weighted by atomic mass is 35.5. The number of para-hydroxylation sites is 1. The second kappa shape index (κ2) is 13.5. The molecule has 16 heteroatoms. The van der Waals surface area contributed by atoms with E-state index in [4.69, 9.17) is 14.2 Å². The highest BCUT2D eigenvalue weighted by molar-refractivity contribution is 7.90. The molecule has 2 fully saturated rings. The van der Waals surface area contributed by atoms with Gasteiger partial charge in [0.15, 0.2) is 0 Å². The summed E-state index contributed by atoms with van der Waals surface area (Å²) in [6.45, 7) is 3.23. The van der Waals surface area contributed by atoms with Gasteiger partial charge in [0.05, 0.1) is 45.9 Å². The SMILES string of the molecule is COC1(C)CCC(CNc2ccc(S(=O)(=O)NC(=O)c3ccccc3N3c4cc5cc[nH]c5nc4O[C@@H]4COC[C@H]43)cc2[N+](=O)[O-])CC1.Cl. The van der Waals surface area contributed by atoms with E-state index in [0.29, 0.717) is 48.6 Å². The second-order valence-electron chi connectivity index (χ2n) is 12.7. The lowest BCUT2D eigenvalue weighted by molar-refractivity contribution is -0.384. The van der Waals surface area contributed by atoms with E-state index in [-0.39, 0.29) is 41.4 Å². The van der Waals surface area contributed by atoms with Gasteiger partial charge < -0.3 is 29.4 Å². The molecule has 0 bridgehead atoms. The molecule has 260 valence electrons. The lowest BCUT2D eigenvalue weighted by Gasteiger charge is -2.39. The molecule has 2 aromatic carbocycles. The van der Waals surface area contributed by atoms with Crippen LogP contribution < -0.4 is 19.7 Å². The lowest BCUT2D eigenvalue weighted by atomic mass is 9.80. The number of nitrogens with one attached hydrogen (secondary N) is 3. The largest absolute Gasteiger partial charge is 0.468 e. The van der Waals surface area contributed by atoms with E-state index in [2.05, 4.69) is 26.9 Å².